The van der Waals surface area contributed by atoms with Crippen molar-refractivity contribution in [2.24, 2.45) is 23.7 Å². The molecule has 0 spiro atoms. The molecule has 19 heteroatoms. The minimum Gasteiger partial charge on any atom is -0.462 e. The van der Waals surface area contributed by atoms with E-state index in [-0.39, 0.29) is 25.7 Å². The summed E-state index contributed by atoms with van der Waals surface area (Å²) in [5.41, 5.74) is 0. The minimum atomic E-state index is -4.96. The van der Waals surface area contributed by atoms with Gasteiger partial charge in [-0.15, -0.1) is 0 Å². The Labute approximate surface area is 600 Å². The van der Waals surface area contributed by atoms with Crippen LogP contribution in [0.5, 0.6) is 0 Å². The average molecular weight is 1440 g/mol. The molecule has 0 aliphatic carbocycles. The van der Waals surface area contributed by atoms with Crippen LogP contribution >= 0.6 is 15.6 Å². The predicted molar refractivity (Wildman–Crippen MR) is 400 cm³/mol. The van der Waals surface area contributed by atoms with Gasteiger partial charge < -0.3 is 33.8 Å². The predicted octanol–water partition coefficient (Wildman–Crippen LogP) is 23.2. The molecule has 582 valence electrons. The van der Waals surface area contributed by atoms with Gasteiger partial charge in [0.15, 0.2) is 12.2 Å². The number of esters is 4. The van der Waals surface area contributed by atoms with E-state index in [4.69, 9.17) is 37.0 Å². The Kier molecular flexibility index (Phi) is 66.8. The highest BCUT2D eigenvalue weighted by molar-refractivity contribution is 7.47. The fraction of sp³-hybridized carbons (Fsp3) is 0.949. The van der Waals surface area contributed by atoms with Crippen molar-refractivity contribution in [3.8, 4) is 0 Å². The zero-order valence-electron chi connectivity index (χ0n) is 64.4. The molecule has 3 unspecified atom stereocenters. The van der Waals surface area contributed by atoms with Crippen LogP contribution in [0.2, 0.25) is 0 Å². The summed E-state index contributed by atoms with van der Waals surface area (Å²) in [5.74, 6) is 0.977. The van der Waals surface area contributed by atoms with Gasteiger partial charge in [-0.3, -0.25) is 37.3 Å². The standard InChI is InChI=1S/C79H154O17P2/c1-9-72(8)58-50-42-37-38-44-52-60-77(82)90-66-75(96-79(84)61-53-45-35-29-23-15-11-10-13-19-25-31-39-47-55-69(2)3)68-94-98(87,88)92-64-73(80)63-91-97(85,86)93-67-74(95-78(83)62-54-46-36-30-24-18-17-21-27-33-41-49-57-71(6)7)65-89-76(81)59-51-43-34-28-22-16-12-14-20-26-32-40-48-56-70(4)5/h69-75,80H,9-68H2,1-8H3,(H,85,86)(H,87,88)/t72?,73-,74-,75-/m1/s1. The molecule has 0 radical (unpaired) electrons. The van der Waals surface area contributed by atoms with Crippen molar-refractivity contribution in [1.82, 2.24) is 0 Å². The molecule has 0 aliphatic rings. The van der Waals surface area contributed by atoms with E-state index in [9.17, 15) is 43.2 Å². The number of ether oxygens (including phenoxy) is 4. The highest BCUT2D eigenvalue weighted by Crippen LogP contribution is 2.45. The van der Waals surface area contributed by atoms with Crippen LogP contribution < -0.4 is 0 Å². The van der Waals surface area contributed by atoms with Crippen molar-refractivity contribution in [1.29, 1.82) is 0 Å². The van der Waals surface area contributed by atoms with E-state index in [1.165, 1.54) is 199 Å². The third-order valence-corrected chi connectivity index (χ3v) is 20.6. The number of aliphatic hydroxyl groups is 1. The summed E-state index contributed by atoms with van der Waals surface area (Å²) in [6.07, 6.45) is 54.1. The second-order valence-corrected chi connectivity index (χ2v) is 33.0. The van der Waals surface area contributed by atoms with Crippen LogP contribution in [0, 0.1) is 23.7 Å². The summed E-state index contributed by atoms with van der Waals surface area (Å²) >= 11 is 0. The first-order valence-electron chi connectivity index (χ1n) is 40.7. The molecule has 0 saturated heterocycles. The summed E-state index contributed by atoms with van der Waals surface area (Å²) in [7, 11) is -9.92. The molecule has 0 bridgehead atoms. The largest absolute Gasteiger partial charge is 0.472 e. The quantitative estimate of drug-likeness (QED) is 0.0222. The molecule has 0 amide bonds. The van der Waals surface area contributed by atoms with Gasteiger partial charge >= 0.3 is 39.5 Å². The molecule has 0 fully saturated rings. The smallest absolute Gasteiger partial charge is 0.462 e. The van der Waals surface area contributed by atoms with Gasteiger partial charge in [0, 0.05) is 25.7 Å². The third-order valence-electron chi connectivity index (χ3n) is 18.7. The highest BCUT2D eigenvalue weighted by atomic mass is 31.2. The molecule has 0 aromatic carbocycles. The average Bonchev–Trinajstić information content (AvgIpc) is 1.06. The van der Waals surface area contributed by atoms with E-state index in [2.05, 4.69) is 55.4 Å². The number of carbonyl (C=O) groups excluding carboxylic acids is 4. The zero-order chi connectivity index (χ0) is 72.4. The van der Waals surface area contributed by atoms with Gasteiger partial charge in [0.25, 0.3) is 0 Å². The highest BCUT2D eigenvalue weighted by Gasteiger charge is 2.30. The molecule has 98 heavy (non-hydrogen) atoms. The number of carbonyl (C=O) groups is 4. The summed E-state index contributed by atoms with van der Waals surface area (Å²) < 4.78 is 68.7. The van der Waals surface area contributed by atoms with Crippen LogP contribution in [-0.4, -0.2) is 96.7 Å². The zero-order valence-corrected chi connectivity index (χ0v) is 66.2. The maximum Gasteiger partial charge on any atom is 0.472 e. The molecule has 0 aliphatic heterocycles. The number of phosphoric ester groups is 2. The Bertz CT molecular complexity index is 1920. The van der Waals surface area contributed by atoms with Gasteiger partial charge in [-0.2, -0.15) is 0 Å². The van der Waals surface area contributed by atoms with Gasteiger partial charge in [-0.05, 0) is 49.4 Å². The molecule has 0 aromatic heterocycles. The fourth-order valence-electron chi connectivity index (χ4n) is 12.0. The maximum atomic E-state index is 13.1. The van der Waals surface area contributed by atoms with E-state index < -0.39 is 97.5 Å². The van der Waals surface area contributed by atoms with Crippen molar-refractivity contribution in [2.45, 2.75) is 420 Å². The Balaban J connectivity index is 5.25. The Morgan fingerprint density at radius 3 is 0.724 bits per heavy atom. The summed E-state index contributed by atoms with van der Waals surface area (Å²) in [4.78, 5) is 73.0. The summed E-state index contributed by atoms with van der Waals surface area (Å²) in [6, 6.07) is 0. The summed E-state index contributed by atoms with van der Waals surface area (Å²) in [6.45, 7) is 14.2. The Morgan fingerprint density at radius 2 is 0.490 bits per heavy atom. The number of unbranched alkanes of at least 4 members (excludes halogenated alkanes) is 41. The first kappa shape index (κ1) is 96.1. The number of hydrogen-bond acceptors (Lipinski definition) is 15. The molecular weight excluding hydrogens is 1280 g/mol. The van der Waals surface area contributed by atoms with Gasteiger partial charge in [0.05, 0.1) is 26.4 Å². The number of hydrogen-bond donors (Lipinski definition) is 3. The van der Waals surface area contributed by atoms with Crippen molar-refractivity contribution < 1.29 is 80.2 Å². The monoisotopic (exact) mass is 1440 g/mol. The van der Waals surface area contributed by atoms with Gasteiger partial charge in [0.2, 0.25) is 0 Å². The number of rotatable bonds is 76. The van der Waals surface area contributed by atoms with Crippen molar-refractivity contribution in [2.75, 3.05) is 39.6 Å². The molecule has 6 atom stereocenters. The van der Waals surface area contributed by atoms with Crippen molar-refractivity contribution in [3.05, 3.63) is 0 Å². The van der Waals surface area contributed by atoms with Crippen LogP contribution in [0.4, 0.5) is 0 Å². The summed E-state index contributed by atoms with van der Waals surface area (Å²) in [5, 5.41) is 10.6. The second kappa shape index (κ2) is 68.2. The van der Waals surface area contributed by atoms with Gasteiger partial charge in [0.1, 0.15) is 19.3 Å². The molecule has 0 saturated carbocycles. The van der Waals surface area contributed by atoms with E-state index in [1.807, 2.05) is 0 Å². The lowest BCUT2D eigenvalue weighted by atomic mass is 10.00. The maximum absolute atomic E-state index is 13.1. The number of phosphoric acid groups is 2. The molecule has 17 nitrogen and oxygen atoms in total. The second-order valence-electron chi connectivity index (χ2n) is 30.1. The molecular formula is C79H154O17P2. The third kappa shape index (κ3) is 71.1. The first-order chi connectivity index (χ1) is 47.1. The topological polar surface area (TPSA) is 237 Å². The van der Waals surface area contributed by atoms with Crippen molar-refractivity contribution in [3.63, 3.8) is 0 Å². The Hall–Kier alpha value is -1.94. The van der Waals surface area contributed by atoms with Gasteiger partial charge in [-0.25, -0.2) is 9.13 Å². The number of aliphatic hydroxyl groups excluding tert-OH is 1. The lowest BCUT2D eigenvalue weighted by Gasteiger charge is -2.21. The molecule has 0 rings (SSSR count). The lowest BCUT2D eigenvalue weighted by molar-refractivity contribution is -0.161. The lowest BCUT2D eigenvalue weighted by Crippen LogP contribution is -2.30. The van der Waals surface area contributed by atoms with E-state index >= 15 is 0 Å². The van der Waals surface area contributed by atoms with Gasteiger partial charge in [-0.1, -0.05) is 351 Å². The van der Waals surface area contributed by atoms with Crippen LogP contribution in [-0.2, 0) is 65.4 Å². The normalized spacial score (nSPS) is 14.3. The Morgan fingerprint density at radius 1 is 0.286 bits per heavy atom. The van der Waals surface area contributed by atoms with Crippen LogP contribution in [0.3, 0.4) is 0 Å². The van der Waals surface area contributed by atoms with Crippen LogP contribution in [0.15, 0.2) is 0 Å². The van der Waals surface area contributed by atoms with E-state index in [1.54, 1.807) is 0 Å². The molecule has 3 N–H and O–H groups in total. The first-order valence-corrected chi connectivity index (χ1v) is 43.7. The minimum absolute atomic E-state index is 0.106. The SMILES string of the molecule is CCC(C)CCCCCCCCC(=O)OC[C@H](COP(=O)(O)OC[C@H](O)COP(=O)(O)OC[C@@H](COC(=O)CCCCCCCCCCCCCCCC(C)C)OC(=O)CCCCCCCCCCCCCCC(C)C)OC(=O)CCCCCCCCCCCCCCCCC(C)C. The van der Waals surface area contributed by atoms with Crippen LogP contribution in [0.25, 0.3) is 0 Å². The molecule has 0 heterocycles. The molecule has 0 aromatic rings. The van der Waals surface area contributed by atoms with E-state index in [0.29, 0.717) is 25.7 Å². The van der Waals surface area contributed by atoms with E-state index in [0.717, 1.165) is 120 Å². The van der Waals surface area contributed by atoms with Crippen molar-refractivity contribution >= 4 is 39.5 Å². The fourth-order valence-corrected chi connectivity index (χ4v) is 13.6. The van der Waals surface area contributed by atoms with Crippen LogP contribution in [0.1, 0.15) is 402 Å².